The monoisotopic (exact) mass is 448 g/mol. The Morgan fingerprint density at radius 1 is 1.13 bits per heavy atom. The molecule has 2 fully saturated rings. The normalized spacial score (nSPS) is 28.1. The molecule has 0 amide bonds. The van der Waals surface area contributed by atoms with E-state index in [1.54, 1.807) is 24.3 Å². The van der Waals surface area contributed by atoms with Crippen LogP contribution in [0, 0.1) is 23.0 Å². The number of aryl methyl sites for hydroxylation is 1. The second-order valence-corrected chi connectivity index (χ2v) is 11.7. The zero-order chi connectivity index (χ0) is 22.8. The van der Waals surface area contributed by atoms with Gasteiger partial charge in [-0.3, -0.25) is 10.1 Å². The summed E-state index contributed by atoms with van der Waals surface area (Å²) in [4.78, 5) is 11.7. The maximum absolute atomic E-state index is 13.3. The molecule has 2 aliphatic heterocycles. The lowest BCUT2D eigenvalue weighted by atomic mass is 9.66. The number of hydrogen-bond donors (Lipinski definition) is 0. The first-order valence-corrected chi connectivity index (χ1v) is 12.1. The Kier molecular flexibility index (Phi) is 5.36. The molecule has 0 N–H and O–H groups in total. The second-order valence-electron chi connectivity index (χ2n) is 9.75. The molecule has 4 rings (SSSR count). The number of rotatable bonds is 4. The van der Waals surface area contributed by atoms with Gasteiger partial charge in [-0.25, -0.2) is 8.42 Å². The summed E-state index contributed by atoms with van der Waals surface area (Å²) in [6.45, 7) is 9.96. The largest absolute Gasteiger partial charge is 0.490 e. The van der Waals surface area contributed by atoms with E-state index in [0.29, 0.717) is 12.8 Å². The molecular weight excluding hydrogens is 419 g/mol. The summed E-state index contributed by atoms with van der Waals surface area (Å²) in [5.41, 5.74) is 1.54. The van der Waals surface area contributed by atoms with Gasteiger partial charge in [-0.1, -0.05) is 17.7 Å². The minimum Gasteiger partial charge on any atom is -0.400 e. The van der Waals surface area contributed by atoms with E-state index in [-0.39, 0.29) is 22.9 Å². The third-order valence-corrected chi connectivity index (χ3v) is 9.07. The molecule has 3 aliphatic rings. The van der Waals surface area contributed by atoms with E-state index in [0.717, 1.165) is 16.6 Å². The minimum absolute atomic E-state index is 0.0974. The summed E-state index contributed by atoms with van der Waals surface area (Å²) in [6.07, 6.45) is 0.811. The van der Waals surface area contributed by atoms with Gasteiger partial charge in [0.2, 0.25) is 16.1 Å². The van der Waals surface area contributed by atoms with Crippen molar-refractivity contribution in [2.75, 3.05) is 13.1 Å². The maximum atomic E-state index is 13.3. The summed E-state index contributed by atoms with van der Waals surface area (Å²) in [5.74, 6) is -0.474. The van der Waals surface area contributed by atoms with Gasteiger partial charge in [0.05, 0.1) is 22.0 Å². The van der Waals surface area contributed by atoms with Crippen LogP contribution in [-0.2, 0) is 19.3 Å². The molecule has 0 spiro atoms. The van der Waals surface area contributed by atoms with E-state index in [9.17, 15) is 18.5 Å². The van der Waals surface area contributed by atoms with Crippen molar-refractivity contribution in [1.29, 1.82) is 0 Å². The minimum atomic E-state index is -3.76. The van der Waals surface area contributed by atoms with E-state index < -0.39 is 40.3 Å². The SMILES string of the molecule is Cc1ccc(S(=O)(=O)N2CC3=C(B4OC(C)(C)C(C)(C)O4)CCC([N+](=O)[O-])C3C2)cc1. The first kappa shape index (κ1) is 22.4. The van der Waals surface area contributed by atoms with Gasteiger partial charge in [-0.15, -0.1) is 0 Å². The highest BCUT2D eigenvalue weighted by Crippen LogP contribution is 2.45. The smallest absolute Gasteiger partial charge is 0.400 e. The summed E-state index contributed by atoms with van der Waals surface area (Å²) in [7, 11) is -4.37. The van der Waals surface area contributed by atoms with E-state index in [1.165, 1.54) is 4.31 Å². The molecule has 2 atom stereocenters. The number of sulfonamides is 1. The van der Waals surface area contributed by atoms with E-state index in [2.05, 4.69) is 0 Å². The second kappa shape index (κ2) is 7.40. The lowest BCUT2D eigenvalue weighted by Crippen LogP contribution is -2.41. The maximum Gasteiger partial charge on any atom is 0.490 e. The predicted molar refractivity (Wildman–Crippen MR) is 117 cm³/mol. The Morgan fingerprint density at radius 2 is 1.71 bits per heavy atom. The van der Waals surface area contributed by atoms with Crippen LogP contribution in [-0.4, -0.2) is 55.1 Å². The quantitative estimate of drug-likeness (QED) is 0.399. The highest BCUT2D eigenvalue weighted by Gasteiger charge is 2.56. The van der Waals surface area contributed by atoms with Crippen molar-refractivity contribution in [3.05, 3.63) is 51.0 Å². The van der Waals surface area contributed by atoms with Crippen LogP contribution in [0.2, 0.25) is 0 Å². The number of fused-ring (bicyclic) bond motifs is 1. The Hall–Kier alpha value is -1.75. The molecule has 10 heteroatoms. The van der Waals surface area contributed by atoms with Crippen molar-refractivity contribution in [3.8, 4) is 0 Å². The lowest BCUT2D eigenvalue weighted by molar-refractivity contribution is -0.531. The van der Waals surface area contributed by atoms with Crippen molar-refractivity contribution < 1.29 is 22.6 Å². The summed E-state index contributed by atoms with van der Waals surface area (Å²) >= 11 is 0. The van der Waals surface area contributed by atoms with Gasteiger partial charge in [0.1, 0.15) is 0 Å². The fourth-order valence-electron chi connectivity index (χ4n) is 4.61. The summed E-state index contributed by atoms with van der Waals surface area (Å²) < 4.78 is 40.3. The van der Waals surface area contributed by atoms with Crippen LogP contribution in [0.5, 0.6) is 0 Å². The third-order valence-electron chi connectivity index (χ3n) is 7.25. The molecule has 0 aromatic heterocycles. The molecule has 31 heavy (non-hydrogen) atoms. The fourth-order valence-corrected chi connectivity index (χ4v) is 6.05. The highest BCUT2D eigenvalue weighted by molar-refractivity contribution is 7.89. The molecule has 2 saturated heterocycles. The van der Waals surface area contributed by atoms with Gasteiger partial charge < -0.3 is 9.31 Å². The predicted octanol–water partition coefficient (Wildman–Crippen LogP) is 2.98. The molecule has 1 aromatic rings. The van der Waals surface area contributed by atoms with E-state index in [4.69, 9.17) is 9.31 Å². The van der Waals surface area contributed by atoms with E-state index in [1.807, 2.05) is 34.6 Å². The van der Waals surface area contributed by atoms with Gasteiger partial charge in [-0.05, 0) is 64.2 Å². The van der Waals surface area contributed by atoms with Gasteiger partial charge >= 0.3 is 7.12 Å². The van der Waals surface area contributed by atoms with Crippen molar-refractivity contribution in [3.63, 3.8) is 0 Å². The summed E-state index contributed by atoms with van der Waals surface area (Å²) in [5, 5.41) is 11.7. The van der Waals surface area contributed by atoms with Crippen molar-refractivity contribution in [1.82, 2.24) is 4.31 Å². The van der Waals surface area contributed by atoms with Gasteiger partial charge in [0, 0.05) is 24.4 Å². The Balaban J connectivity index is 1.71. The van der Waals surface area contributed by atoms with E-state index >= 15 is 0 Å². The van der Waals surface area contributed by atoms with Crippen LogP contribution < -0.4 is 0 Å². The molecule has 8 nitrogen and oxygen atoms in total. The first-order valence-electron chi connectivity index (χ1n) is 10.6. The fraction of sp³-hybridized carbons (Fsp3) is 0.619. The number of nitro groups is 1. The standard InChI is InChI=1S/C21H29BN2O6S/c1-14-6-8-15(9-7-14)31(27,28)23-12-16-17(13-23)19(24(25)26)11-10-18(16)22-29-20(2,3)21(4,5)30-22/h6-9,17,19H,10-13H2,1-5H3. The molecule has 168 valence electrons. The molecule has 0 bridgehead atoms. The molecular formula is C21H29BN2O6S. The molecule has 2 heterocycles. The molecule has 1 aromatic carbocycles. The van der Waals surface area contributed by atoms with Gasteiger partial charge in [-0.2, -0.15) is 4.31 Å². The van der Waals surface area contributed by atoms with Crippen LogP contribution >= 0.6 is 0 Å². The third kappa shape index (κ3) is 3.73. The lowest BCUT2D eigenvalue weighted by Gasteiger charge is -2.32. The van der Waals surface area contributed by atoms with Crippen molar-refractivity contribution >= 4 is 17.1 Å². The molecule has 2 unspecified atom stereocenters. The zero-order valence-corrected chi connectivity index (χ0v) is 19.4. The van der Waals surface area contributed by atoms with Gasteiger partial charge in [0.15, 0.2) is 0 Å². The van der Waals surface area contributed by atoms with Crippen LogP contribution in [0.25, 0.3) is 0 Å². The average Bonchev–Trinajstić information content (AvgIpc) is 3.20. The Morgan fingerprint density at radius 3 is 2.26 bits per heavy atom. The summed E-state index contributed by atoms with van der Waals surface area (Å²) in [6, 6.07) is 5.87. The van der Waals surface area contributed by atoms with Crippen molar-refractivity contribution in [2.45, 2.75) is 69.6 Å². The van der Waals surface area contributed by atoms with Crippen LogP contribution in [0.1, 0.15) is 46.1 Å². The highest BCUT2D eigenvalue weighted by atomic mass is 32.2. The zero-order valence-electron chi connectivity index (χ0n) is 18.6. The van der Waals surface area contributed by atoms with Crippen molar-refractivity contribution in [2.24, 2.45) is 5.92 Å². The molecule has 0 radical (unpaired) electrons. The number of allylic oxidation sites excluding steroid dienone is 1. The van der Waals surface area contributed by atoms with Gasteiger partial charge in [0.25, 0.3) is 0 Å². The van der Waals surface area contributed by atoms with Crippen LogP contribution in [0.4, 0.5) is 0 Å². The molecule has 0 saturated carbocycles. The van der Waals surface area contributed by atoms with Crippen LogP contribution in [0.15, 0.2) is 40.2 Å². The number of hydrogen-bond acceptors (Lipinski definition) is 6. The Bertz CT molecular complexity index is 1020. The average molecular weight is 448 g/mol. The number of benzene rings is 1. The number of nitrogens with zero attached hydrogens (tertiary/aromatic N) is 2. The molecule has 1 aliphatic carbocycles. The topological polar surface area (TPSA) is 99.0 Å². The van der Waals surface area contributed by atoms with Crippen LogP contribution in [0.3, 0.4) is 0 Å². The Labute approximate surface area is 183 Å². The first-order chi connectivity index (χ1) is 14.3.